The molecular formula is C19H18N2O2. The summed E-state index contributed by atoms with van der Waals surface area (Å²) in [5.41, 5.74) is 4.09. The van der Waals surface area contributed by atoms with E-state index in [4.69, 9.17) is 0 Å². The standard InChI is InChI=1S/C19H18N2O2/c1-2-18(22)13-7-8-17-16(9-13)10-19(23)21(17)12-15-6-4-3-5-14(15)11-20/h3-9,18,22H,2,10,12H2,1H3. The van der Waals surface area contributed by atoms with Gasteiger partial charge in [-0.1, -0.05) is 37.3 Å². The summed E-state index contributed by atoms with van der Waals surface area (Å²) in [5, 5.41) is 19.2. The first kappa shape index (κ1) is 15.3. The fraction of sp³-hybridized carbons (Fsp3) is 0.263. The molecule has 1 atom stereocenters. The molecule has 2 aromatic rings. The van der Waals surface area contributed by atoms with E-state index in [1.165, 1.54) is 0 Å². The van der Waals surface area contributed by atoms with Gasteiger partial charge in [0.2, 0.25) is 5.91 Å². The molecule has 1 amide bonds. The fourth-order valence-electron chi connectivity index (χ4n) is 2.96. The number of rotatable bonds is 4. The monoisotopic (exact) mass is 306 g/mol. The molecule has 0 saturated heterocycles. The lowest BCUT2D eigenvalue weighted by Crippen LogP contribution is -2.26. The molecular weight excluding hydrogens is 288 g/mol. The Bertz CT molecular complexity index is 792. The van der Waals surface area contributed by atoms with Crippen LogP contribution in [0.5, 0.6) is 0 Å². The molecule has 0 fully saturated rings. The highest BCUT2D eigenvalue weighted by Crippen LogP contribution is 2.33. The summed E-state index contributed by atoms with van der Waals surface area (Å²) in [6.45, 7) is 2.32. The van der Waals surface area contributed by atoms with Crippen molar-refractivity contribution < 1.29 is 9.90 Å². The molecule has 0 saturated carbocycles. The van der Waals surface area contributed by atoms with E-state index < -0.39 is 6.10 Å². The normalized spacial score (nSPS) is 14.5. The summed E-state index contributed by atoms with van der Waals surface area (Å²) in [6.07, 6.45) is 0.490. The zero-order valence-electron chi connectivity index (χ0n) is 13.0. The molecule has 0 spiro atoms. The van der Waals surface area contributed by atoms with E-state index in [1.807, 2.05) is 43.3 Å². The molecule has 1 N–H and O–H groups in total. The van der Waals surface area contributed by atoms with Gasteiger partial charge in [0.05, 0.1) is 30.7 Å². The highest BCUT2D eigenvalue weighted by atomic mass is 16.3. The van der Waals surface area contributed by atoms with Crippen molar-refractivity contribution in [2.24, 2.45) is 0 Å². The van der Waals surface area contributed by atoms with E-state index in [2.05, 4.69) is 6.07 Å². The van der Waals surface area contributed by atoms with E-state index >= 15 is 0 Å². The van der Waals surface area contributed by atoms with Crippen molar-refractivity contribution in [2.75, 3.05) is 4.90 Å². The zero-order chi connectivity index (χ0) is 16.4. The second-order valence-electron chi connectivity index (χ2n) is 5.74. The van der Waals surface area contributed by atoms with Gasteiger partial charge in [0.25, 0.3) is 0 Å². The van der Waals surface area contributed by atoms with E-state index in [1.54, 1.807) is 11.0 Å². The van der Waals surface area contributed by atoms with Crippen LogP contribution in [0.2, 0.25) is 0 Å². The van der Waals surface area contributed by atoms with Crippen molar-refractivity contribution in [1.82, 2.24) is 0 Å². The van der Waals surface area contributed by atoms with Crippen molar-refractivity contribution >= 4 is 11.6 Å². The molecule has 3 rings (SSSR count). The average Bonchev–Trinajstić information content (AvgIpc) is 2.89. The van der Waals surface area contributed by atoms with Gasteiger partial charge in [-0.3, -0.25) is 4.79 Å². The Morgan fingerprint density at radius 1 is 1.30 bits per heavy atom. The summed E-state index contributed by atoms with van der Waals surface area (Å²) in [6, 6.07) is 15.2. The maximum absolute atomic E-state index is 12.4. The number of nitrogens with zero attached hydrogens (tertiary/aromatic N) is 2. The Balaban J connectivity index is 1.92. The molecule has 2 aromatic carbocycles. The highest BCUT2D eigenvalue weighted by molar-refractivity contribution is 6.01. The van der Waals surface area contributed by atoms with Gasteiger partial charge < -0.3 is 10.0 Å². The molecule has 1 unspecified atom stereocenters. The molecule has 0 radical (unpaired) electrons. The first-order valence-corrected chi connectivity index (χ1v) is 7.73. The van der Waals surface area contributed by atoms with Gasteiger partial charge in [0.1, 0.15) is 0 Å². The lowest BCUT2D eigenvalue weighted by molar-refractivity contribution is -0.117. The molecule has 1 aliphatic rings. The first-order valence-electron chi connectivity index (χ1n) is 7.73. The van der Waals surface area contributed by atoms with E-state index in [-0.39, 0.29) is 5.91 Å². The van der Waals surface area contributed by atoms with E-state index in [9.17, 15) is 15.2 Å². The summed E-state index contributed by atoms with van der Waals surface area (Å²) in [7, 11) is 0. The van der Waals surface area contributed by atoms with Crippen LogP contribution in [0.15, 0.2) is 42.5 Å². The smallest absolute Gasteiger partial charge is 0.231 e. The van der Waals surface area contributed by atoms with Crippen LogP contribution >= 0.6 is 0 Å². The number of aliphatic hydroxyl groups is 1. The van der Waals surface area contributed by atoms with Crippen LogP contribution in [-0.2, 0) is 17.8 Å². The highest BCUT2D eigenvalue weighted by Gasteiger charge is 2.28. The SMILES string of the molecule is CCC(O)c1ccc2c(c1)CC(=O)N2Cc1ccccc1C#N. The van der Waals surface area contributed by atoms with Crippen molar-refractivity contribution in [1.29, 1.82) is 5.26 Å². The van der Waals surface area contributed by atoms with Crippen molar-refractivity contribution in [3.05, 3.63) is 64.7 Å². The second kappa shape index (κ2) is 6.23. The quantitative estimate of drug-likeness (QED) is 0.944. The summed E-state index contributed by atoms with van der Waals surface area (Å²) < 4.78 is 0. The maximum atomic E-state index is 12.4. The van der Waals surface area contributed by atoms with Crippen LogP contribution < -0.4 is 4.90 Å². The summed E-state index contributed by atoms with van der Waals surface area (Å²) >= 11 is 0. The lowest BCUT2D eigenvalue weighted by atomic mass is 10.0. The third-order valence-electron chi connectivity index (χ3n) is 4.27. The molecule has 4 nitrogen and oxygen atoms in total. The third-order valence-corrected chi connectivity index (χ3v) is 4.27. The Labute approximate surface area is 135 Å². The van der Waals surface area contributed by atoms with Crippen LogP contribution in [0.1, 0.15) is 41.7 Å². The minimum absolute atomic E-state index is 0.0240. The number of amides is 1. The molecule has 0 aliphatic carbocycles. The molecule has 116 valence electrons. The van der Waals surface area contributed by atoms with Crippen LogP contribution in [0.25, 0.3) is 0 Å². The minimum atomic E-state index is -0.497. The zero-order valence-corrected chi connectivity index (χ0v) is 13.0. The van der Waals surface area contributed by atoms with Gasteiger partial charge in [-0.2, -0.15) is 5.26 Å². The van der Waals surface area contributed by atoms with Crippen LogP contribution in [-0.4, -0.2) is 11.0 Å². The van der Waals surface area contributed by atoms with Crippen LogP contribution in [0, 0.1) is 11.3 Å². The van der Waals surface area contributed by atoms with Gasteiger partial charge in [0.15, 0.2) is 0 Å². The summed E-state index contributed by atoms with van der Waals surface area (Å²) in [5.74, 6) is 0.0240. The Kier molecular flexibility index (Phi) is 4.14. The number of fused-ring (bicyclic) bond motifs is 1. The first-order chi connectivity index (χ1) is 11.1. The predicted molar refractivity (Wildman–Crippen MR) is 87.7 cm³/mol. The van der Waals surface area contributed by atoms with Gasteiger partial charge in [-0.15, -0.1) is 0 Å². The Hall–Kier alpha value is -2.64. The molecule has 4 heteroatoms. The fourth-order valence-corrected chi connectivity index (χ4v) is 2.96. The number of nitriles is 1. The number of hydrogen-bond donors (Lipinski definition) is 1. The molecule has 23 heavy (non-hydrogen) atoms. The average molecular weight is 306 g/mol. The Morgan fingerprint density at radius 3 is 2.83 bits per heavy atom. The van der Waals surface area contributed by atoms with E-state index in [0.717, 1.165) is 22.4 Å². The topological polar surface area (TPSA) is 64.3 Å². The predicted octanol–water partition coefficient (Wildman–Crippen LogP) is 3.09. The number of hydrogen-bond acceptors (Lipinski definition) is 3. The van der Waals surface area contributed by atoms with Crippen LogP contribution in [0.4, 0.5) is 5.69 Å². The van der Waals surface area contributed by atoms with Gasteiger partial charge in [-0.05, 0) is 35.2 Å². The van der Waals surface area contributed by atoms with Gasteiger partial charge in [-0.25, -0.2) is 0 Å². The van der Waals surface area contributed by atoms with Gasteiger partial charge >= 0.3 is 0 Å². The molecule has 0 aromatic heterocycles. The number of aliphatic hydroxyl groups excluding tert-OH is 1. The molecule has 0 bridgehead atoms. The number of carbonyl (C=O) groups is 1. The van der Waals surface area contributed by atoms with Crippen LogP contribution in [0.3, 0.4) is 0 Å². The molecule has 1 aliphatic heterocycles. The van der Waals surface area contributed by atoms with Gasteiger partial charge in [0, 0.05) is 5.69 Å². The second-order valence-corrected chi connectivity index (χ2v) is 5.74. The van der Waals surface area contributed by atoms with Crippen molar-refractivity contribution in [3.63, 3.8) is 0 Å². The van der Waals surface area contributed by atoms with Crippen molar-refractivity contribution in [3.8, 4) is 6.07 Å². The Morgan fingerprint density at radius 2 is 2.09 bits per heavy atom. The molecule has 1 heterocycles. The largest absolute Gasteiger partial charge is 0.388 e. The van der Waals surface area contributed by atoms with Crippen molar-refractivity contribution in [2.45, 2.75) is 32.4 Å². The summed E-state index contributed by atoms with van der Waals surface area (Å²) in [4.78, 5) is 14.1. The number of anilines is 1. The minimum Gasteiger partial charge on any atom is -0.388 e. The lowest BCUT2D eigenvalue weighted by Gasteiger charge is -2.19. The van der Waals surface area contributed by atoms with E-state index in [0.29, 0.717) is 24.9 Å². The number of carbonyl (C=O) groups excluding carboxylic acids is 1. The number of benzene rings is 2. The maximum Gasteiger partial charge on any atom is 0.231 e. The third kappa shape index (κ3) is 2.84.